The van der Waals surface area contributed by atoms with Crippen LogP contribution in [0.25, 0.3) is 0 Å². The van der Waals surface area contributed by atoms with Gasteiger partial charge < -0.3 is 10.6 Å². The average Bonchev–Trinajstić information content (AvgIpc) is 2.57. The lowest BCUT2D eigenvalue weighted by molar-refractivity contribution is 0.601. The van der Waals surface area contributed by atoms with Crippen molar-refractivity contribution >= 4 is 21.9 Å². The van der Waals surface area contributed by atoms with Gasteiger partial charge in [0.25, 0.3) is 0 Å². The molecule has 6 heteroatoms. The fourth-order valence-electron chi connectivity index (χ4n) is 2.11. The quantitative estimate of drug-likeness (QED) is 0.460. The number of nitrogens with one attached hydrogen (secondary N) is 2. The zero-order valence-corrected chi connectivity index (χ0v) is 14.6. The third-order valence-electron chi connectivity index (χ3n) is 3.32. The van der Waals surface area contributed by atoms with E-state index in [0.29, 0.717) is 18.9 Å². The van der Waals surface area contributed by atoms with Gasteiger partial charge >= 0.3 is 0 Å². The molecule has 0 radical (unpaired) electrons. The number of hydrogen-bond donors (Lipinski definition) is 2. The number of aliphatic imine (C=N–C) groups is 1. The monoisotopic (exact) mass is 378 g/mol. The molecule has 0 saturated carbocycles. The van der Waals surface area contributed by atoms with Crippen molar-refractivity contribution in [1.82, 2.24) is 15.6 Å². The van der Waals surface area contributed by atoms with Gasteiger partial charge in [0.1, 0.15) is 5.82 Å². The first kappa shape index (κ1) is 17.4. The first-order chi connectivity index (χ1) is 11.2. The van der Waals surface area contributed by atoms with Gasteiger partial charge in [-0.05, 0) is 42.7 Å². The van der Waals surface area contributed by atoms with Crippen LogP contribution >= 0.6 is 15.9 Å². The van der Waals surface area contributed by atoms with Crippen LogP contribution in [0.5, 0.6) is 0 Å². The summed E-state index contributed by atoms with van der Waals surface area (Å²) in [4.78, 5) is 8.41. The second-order valence-corrected chi connectivity index (χ2v) is 5.93. The number of guanidine groups is 1. The molecule has 1 heterocycles. The van der Waals surface area contributed by atoms with E-state index in [2.05, 4.69) is 36.5 Å². The summed E-state index contributed by atoms with van der Waals surface area (Å²) in [5, 5.41) is 6.42. The SMILES string of the molecule is CN=C(NCCCc1ccc(Br)cc1F)NCc1ccccn1. The van der Waals surface area contributed by atoms with Crippen LogP contribution in [0.1, 0.15) is 17.7 Å². The van der Waals surface area contributed by atoms with E-state index in [1.54, 1.807) is 13.2 Å². The molecule has 0 aliphatic carbocycles. The summed E-state index contributed by atoms with van der Waals surface area (Å²) in [7, 11) is 1.72. The number of aromatic nitrogens is 1. The first-order valence-corrected chi connectivity index (χ1v) is 8.26. The second-order valence-electron chi connectivity index (χ2n) is 5.01. The Balaban J connectivity index is 1.71. The van der Waals surface area contributed by atoms with Crippen LogP contribution in [0.3, 0.4) is 0 Å². The van der Waals surface area contributed by atoms with E-state index in [4.69, 9.17) is 0 Å². The predicted octanol–water partition coefficient (Wildman–Crippen LogP) is 3.28. The molecule has 2 rings (SSSR count). The van der Waals surface area contributed by atoms with E-state index in [1.807, 2.05) is 30.3 Å². The molecule has 0 saturated heterocycles. The summed E-state index contributed by atoms with van der Waals surface area (Å²) in [5.74, 6) is 0.545. The molecule has 2 N–H and O–H groups in total. The molecule has 2 aromatic rings. The highest BCUT2D eigenvalue weighted by Gasteiger charge is 2.03. The Hall–Kier alpha value is -1.95. The van der Waals surface area contributed by atoms with Gasteiger partial charge in [0.05, 0.1) is 12.2 Å². The van der Waals surface area contributed by atoms with Crippen molar-refractivity contribution in [3.63, 3.8) is 0 Å². The van der Waals surface area contributed by atoms with Crippen molar-refractivity contribution in [3.8, 4) is 0 Å². The summed E-state index contributed by atoms with van der Waals surface area (Å²) < 4.78 is 14.5. The third-order valence-corrected chi connectivity index (χ3v) is 3.81. The summed E-state index contributed by atoms with van der Waals surface area (Å²) in [6.45, 7) is 1.33. The first-order valence-electron chi connectivity index (χ1n) is 7.47. The molecule has 4 nitrogen and oxygen atoms in total. The lowest BCUT2D eigenvalue weighted by Gasteiger charge is -2.11. The molecule has 0 atom stereocenters. The Bertz CT molecular complexity index is 646. The fraction of sp³-hybridized carbons (Fsp3) is 0.294. The molecule has 1 aromatic carbocycles. The molecule has 1 aromatic heterocycles. The second kappa shape index (κ2) is 9.25. The number of benzene rings is 1. The van der Waals surface area contributed by atoms with E-state index in [9.17, 15) is 4.39 Å². The minimum Gasteiger partial charge on any atom is -0.356 e. The van der Waals surface area contributed by atoms with Gasteiger partial charge in [-0.15, -0.1) is 0 Å². The van der Waals surface area contributed by atoms with Gasteiger partial charge in [-0.25, -0.2) is 4.39 Å². The van der Waals surface area contributed by atoms with Crippen LogP contribution in [0.15, 0.2) is 52.1 Å². The van der Waals surface area contributed by atoms with Crippen LogP contribution in [-0.2, 0) is 13.0 Å². The molecule has 23 heavy (non-hydrogen) atoms. The predicted molar refractivity (Wildman–Crippen MR) is 94.9 cm³/mol. The molecule has 0 spiro atoms. The topological polar surface area (TPSA) is 49.3 Å². The van der Waals surface area contributed by atoms with Crippen LogP contribution in [0.2, 0.25) is 0 Å². The fourth-order valence-corrected chi connectivity index (χ4v) is 2.44. The van der Waals surface area contributed by atoms with Crippen LogP contribution in [0, 0.1) is 5.82 Å². The van der Waals surface area contributed by atoms with Crippen LogP contribution in [-0.4, -0.2) is 24.5 Å². The van der Waals surface area contributed by atoms with Crippen molar-refractivity contribution in [2.75, 3.05) is 13.6 Å². The van der Waals surface area contributed by atoms with E-state index in [-0.39, 0.29) is 5.82 Å². The van der Waals surface area contributed by atoms with Gasteiger partial charge in [0.2, 0.25) is 0 Å². The zero-order chi connectivity index (χ0) is 16.5. The molecule has 0 amide bonds. The largest absolute Gasteiger partial charge is 0.356 e. The Kier molecular flexibility index (Phi) is 7.00. The van der Waals surface area contributed by atoms with Gasteiger partial charge in [-0.2, -0.15) is 0 Å². The van der Waals surface area contributed by atoms with Gasteiger partial charge in [-0.1, -0.05) is 28.1 Å². The molecule has 0 aliphatic heterocycles. The maximum atomic E-state index is 13.7. The number of pyridine rings is 1. The molecule has 122 valence electrons. The van der Waals surface area contributed by atoms with E-state index < -0.39 is 0 Å². The van der Waals surface area contributed by atoms with Crippen molar-refractivity contribution in [1.29, 1.82) is 0 Å². The smallest absolute Gasteiger partial charge is 0.191 e. The van der Waals surface area contributed by atoms with E-state index in [1.165, 1.54) is 6.07 Å². The summed E-state index contributed by atoms with van der Waals surface area (Å²) in [5.41, 5.74) is 1.68. The summed E-state index contributed by atoms with van der Waals surface area (Å²) in [6.07, 6.45) is 3.27. The number of rotatable bonds is 6. The van der Waals surface area contributed by atoms with E-state index >= 15 is 0 Å². The van der Waals surface area contributed by atoms with Gasteiger partial charge in [0, 0.05) is 24.3 Å². The normalized spacial score (nSPS) is 11.3. The lowest BCUT2D eigenvalue weighted by atomic mass is 10.1. The molecular formula is C17H20BrFN4. The number of halogens is 2. The van der Waals surface area contributed by atoms with Crippen LogP contribution in [0.4, 0.5) is 4.39 Å². The molecule has 0 bridgehead atoms. The summed E-state index contributed by atoms with van der Waals surface area (Å²) >= 11 is 3.26. The molecule has 0 aliphatic rings. The highest BCUT2D eigenvalue weighted by atomic mass is 79.9. The van der Waals surface area contributed by atoms with E-state index in [0.717, 1.165) is 28.7 Å². The van der Waals surface area contributed by atoms with Crippen LogP contribution < -0.4 is 10.6 Å². The molecule has 0 unspecified atom stereocenters. The number of hydrogen-bond acceptors (Lipinski definition) is 2. The maximum absolute atomic E-state index is 13.7. The van der Waals surface area contributed by atoms with Crippen molar-refractivity contribution in [3.05, 3.63) is 64.1 Å². The zero-order valence-electron chi connectivity index (χ0n) is 13.0. The Morgan fingerprint density at radius 3 is 2.83 bits per heavy atom. The summed E-state index contributed by atoms with van der Waals surface area (Å²) in [6, 6.07) is 11.0. The molecule has 0 fully saturated rings. The highest BCUT2D eigenvalue weighted by molar-refractivity contribution is 9.10. The number of aryl methyl sites for hydroxylation is 1. The Morgan fingerprint density at radius 1 is 1.26 bits per heavy atom. The third kappa shape index (κ3) is 5.98. The Morgan fingerprint density at radius 2 is 2.13 bits per heavy atom. The number of nitrogens with zero attached hydrogens (tertiary/aromatic N) is 2. The minimum atomic E-state index is -0.169. The molecular weight excluding hydrogens is 359 g/mol. The van der Waals surface area contributed by atoms with Gasteiger partial charge in [-0.3, -0.25) is 9.98 Å². The van der Waals surface area contributed by atoms with Gasteiger partial charge in [0.15, 0.2) is 5.96 Å². The van der Waals surface area contributed by atoms with Crippen molar-refractivity contribution < 1.29 is 4.39 Å². The minimum absolute atomic E-state index is 0.169. The highest BCUT2D eigenvalue weighted by Crippen LogP contribution is 2.16. The Labute approximate surface area is 144 Å². The standard InChI is InChI=1S/C17H20BrFN4/c1-20-17(23-12-15-6-2-3-9-21-15)22-10-4-5-13-7-8-14(18)11-16(13)19/h2-3,6-9,11H,4-5,10,12H2,1H3,(H2,20,22,23). The van der Waals surface area contributed by atoms with Crippen molar-refractivity contribution in [2.45, 2.75) is 19.4 Å². The van der Waals surface area contributed by atoms with Crippen molar-refractivity contribution in [2.24, 2.45) is 4.99 Å². The average molecular weight is 379 g/mol. The lowest BCUT2D eigenvalue weighted by Crippen LogP contribution is -2.37. The maximum Gasteiger partial charge on any atom is 0.191 e.